The molecule has 0 atom stereocenters. The fraction of sp³-hybridized carbons (Fsp3) is 0.375. The molecule has 1 nitrogen and oxygen atoms in total. The monoisotopic (exact) mass is 136 g/mol. The third kappa shape index (κ3) is 0.841. The predicted octanol–water partition coefficient (Wildman–Crippen LogP) is 1.10. The van der Waals surface area contributed by atoms with Crippen LogP contribution in [0, 0.1) is 12.1 Å². The molecular weight excluding hydrogens is 129 g/mol. The third-order valence-electron chi connectivity index (χ3n) is 1.76. The van der Waals surface area contributed by atoms with Crippen LogP contribution in [0.25, 0.3) is 0 Å². The first kappa shape index (κ1) is 5.67. The highest BCUT2D eigenvalue weighted by molar-refractivity contribution is 5.17. The van der Waals surface area contributed by atoms with Crippen LogP contribution in [0.3, 0.4) is 0 Å². The molecule has 0 N–H and O–H groups in total. The lowest BCUT2D eigenvalue weighted by atomic mass is 10.2. The summed E-state index contributed by atoms with van der Waals surface area (Å²) in [6.07, 6.45) is 4.69. The van der Waals surface area contributed by atoms with Crippen molar-refractivity contribution in [1.29, 1.82) is 0 Å². The van der Waals surface area contributed by atoms with Gasteiger partial charge in [0.15, 0.2) is 0 Å². The zero-order valence-corrected chi connectivity index (χ0v) is 5.47. The first-order valence-corrected chi connectivity index (χ1v) is 3.40. The average molecular weight is 136 g/mol. The quantitative estimate of drug-likeness (QED) is 0.564. The SMILES string of the molecule is Fc1[n+]#cccc1C1CC1. The smallest absolute Gasteiger partial charge is 0.120 e. The van der Waals surface area contributed by atoms with Crippen molar-refractivity contribution in [3.8, 4) is 0 Å². The molecule has 1 aliphatic carbocycles. The Morgan fingerprint density at radius 1 is 1.60 bits per heavy atom. The van der Waals surface area contributed by atoms with Crippen molar-refractivity contribution in [2.75, 3.05) is 0 Å². The van der Waals surface area contributed by atoms with Crippen LogP contribution < -0.4 is 4.98 Å². The van der Waals surface area contributed by atoms with E-state index < -0.39 is 0 Å². The molecule has 0 aromatic carbocycles. The fourth-order valence-electron chi connectivity index (χ4n) is 1.05. The Labute approximate surface area is 58.9 Å². The Bertz CT molecular complexity index is 243. The molecule has 2 heteroatoms. The van der Waals surface area contributed by atoms with Crippen molar-refractivity contribution < 1.29 is 9.37 Å². The number of rotatable bonds is 1. The summed E-state index contributed by atoms with van der Waals surface area (Å²) in [7, 11) is 0. The topological polar surface area (TPSA) is 14.1 Å². The molecule has 0 unspecified atom stereocenters. The molecule has 10 heavy (non-hydrogen) atoms. The normalized spacial score (nSPS) is 16.5. The molecule has 1 fully saturated rings. The van der Waals surface area contributed by atoms with E-state index >= 15 is 0 Å². The first-order valence-electron chi connectivity index (χ1n) is 3.40. The van der Waals surface area contributed by atoms with Crippen molar-refractivity contribution in [2.24, 2.45) is 0 Å². The molecule has 0 radical (unpaired) electrons. The zero-order valence-electron chi connectivity index (χ0n) is 5.47. The standard InChI is InChI=1S/C8H7FN/c9-8-7(6-3-4-6)2-1-5-10-8/h1-2,6H,3-4H2/q+1. The van der Waals surface area contributed by atoms with Crippen LogP contribution in [0.2, 0.25) is 0 Å². The van der Waals surface area contributed by atoms with Crippen molar-refractivity contribution >= 4 is 0 Å². The van der Waals surface area contributed by atoms with E-state index in [-0.39, 0.29) is 5.95 Å². The molecule has 0 aliphatic heterocycles. The molecule has 0 amide bonds. The van der Waals surface area contributed by atoms with Crippen molar-refractivity contribution in [1.82, 2.24) is 0 Å². The Kier molecular flexibility index (Phi) is 1.10. The summed E-state index contributed by atoms with van der Waals surface area (Å²) in [6, 6.07) is 3.43. The number of nitrogens with zero attached hydrogens (tertiary/aromatic N) is 1. The van der Waals surface area contributed by atoms with Gasteiger partial charge in [0, 0.05) is 4.98 Å². The highest BCUT2D eigenvalue weighted by Gasteiger charge is 2.30. The molecule has 1 aromatic rings. The van der Waals surface area contributed by atoms with Crippen LogP contribution in [0.5, 0.6) is 0 Å². The predicted molar refractivity (Wildman–Crippen MR) is 32.8 cm³/mol. The molecule has 2 rings (SSSR count). The molecular formula is C8H7FN+. The van der Waals surface area contributed by atoms with Gasteiger partial charge in [-0.1, -0.05) is 0 Å². The summed E-state index contributed by atoms with van der Waals surface area (Å²) in [5.74, 6) is 0.104. The molecule has 50 valence electrons. The first-order chi connectivity index (χ1) is 4.88. The lowest BCUT2D eigenvalue weighted by molar-refractivity contribution is -0.345. The summed E-state index contributed by atoms with van der Waals surface area (Å²) >= 11 is 0. The Morgan fingerprint density at radius 2 is 2.40 bits per heavy atom. The Morgan fingerprint density at radius 3 is 3.00 bits per heavy atom. The van der Waals surface area contributed by atoms with Crippen LogP contribution in [0.4, 0.5) is 4.39 Å². The van der Waals surface area contributed by atoms with Gasteiger partial charge in [-0.25, -0.2) is 0 Å². The van der Waals surface area contributed by atoms with Crippen molar-refractivity contribution in [3.05, 3.63) is 29.8 Å². The van der Waals surface area contributed by atoms with E-state index in [4.69, 9.17) is 0 Å². The van der Waals surface area contributed by atoms with Gasteiger partial charge >= 0.3 is 12.1 Å². The summed E-state index contributed by atoms with van der Waals surface area (Å²) in [6.45, 7) is 0. The molecule has 1 saturated carbocycles. The second-order valence-corrected chi connectivity index (χ2v) is 2.59. The van der Waals surface area contributed by atoms with Gasteiger partial charge in [-0.15, -0.1) is 4.39 Å². The maximum absolute atomic E-state index is 12.7. The minimum absolute atomic E-state index is 0.343. The summed E-state index contributed by atoms with van der Waals surface area (Å²) < 4.78 is 12.7. The maximum Gasteiger partial charge on any atom is 0.497 e. The number of halogens is 1. The van der Waals surface area contributed by atoms with Crippen LogP contribution in [-0.4, -0.2) is 0 Å². The van der Waals surface area contributed by atoms with E-state index in [1.54, 1.807) is 12.1 Å². The second kappa shape index (κ2) is 1.95. The minimum atomic E-state index is -0.343. The third-order valence-corrected chi connectivity index (χ3v) is 1.76. The largest absolute Gasteiger partial charge is 0.497 e. The molecule has 0 saturated heterocycles. The number of aromatic nitrogens is 1. The van der Waals surface area contributed by atoms with Crippen LogP contribution in [0.15, 0.2) is 12.1 Å². The van der Waals surface area contributed by atoms with Crippen molar-refractivity contribution in [2.45, 2.75) is 18.8 Å². The average Bonchev–Trinajstić information content (AvgIpc) is 2.71. The van der Waals surface area contributed by atoms with Gasteiger partial charge in [-0.05, 0) is 24.8 Å². The summed E-state index contributed by atoms with van der Waals surface area (Å²) in [5.41, 5.74) is 0.763. The highest BCUT2D eigenvalue weighted by Crippen LogP contribution is 2.39. The molecule has 0 bridgehead atoms. The van der Waals surface area contributed by atoms with Crippen LogP contribution in [0.1, 0.15) is 24.3 Å². The Hall–Kier alpha value is -1.10. The number of hydrogen-bond donors (Lipinski definition) is 0. The molecule has 0 spiro atoms. The summed E-state index contributed by atoms with van der Waals surface area (Å²) in [5, 5.41) is 0. The van der Waals surface area contributed by atoms with E-state index in [0.717, 1.165) is 18.4 Å². The zero-order chi connectivity index (χ0) is 6.97. The van der Waals surface area contributed by atoms with Gasteiger partial charge in [0.05, 0.1) is 11.6 Å². The van der Waals surface area contributed by atoms with Gasteiger partial charge in [0.2, 0.25) is 0 Å². The van der Waals surface area contributed by atoms with E-state index in [0.29, 0.717) is 5.92 Å². The van der Waals surface area contributed by atoms with Gasteiger partial charge in [-0.3, -0.25) is 0 Å². The van der Waals surface area contributed by atoms with E-state index in [1.165, 1.54) is 0 Å². The van der Waals surface area contributed by atoms with Gasteiger partial charge in [-0.2, -0.15) is 0 Å². The highest BCUT2D eigenvalue weighted by atomic mass is 19.1. The maximum atomic E-state index is 12.7. The summed E-state index contributed by atoms with van der Waals surface area (Å²) in [4.78, 5) is 3.45. The lowest BCUT2D eigenvalue weighted by Gasteiger charge is -1.84. The van der Waals surface area contributed by atoms with Crippen LogP contribution >= 0.6 is 0 Å². The fourth-order valence-corrected chi connectivity index (χ4v) is 1.05. The Balaban J connectivity index is 2.39. The minimum Gasteiger partial charge on any atom is -0.120 e. The van der Waals surface area contributed by atoms with Gasteiger partial charge in [0.1, 0.15) is 0 Å². The van der Waals surface area contributed by atoms with Crippen molar-refractivity contribution in [3.63, 3.8) is 0 Å². The molecule has 1 aromatic heterocycles. The van der Waals surface area contributed by atoms with E-state index in [1.807, 2.05) is 0 Å². The van der Waals surface area contributed by atoms with E-state index in [2.05, 4.69) is 11.2 Å². The van der Waals surface area contributed by atoms with E-state index in [9.17, 15) is 4.39 Å². The lowest BCUT2D eigenvalue weighted by Crippen LogP contribution is -2.02. The molecule has 1 heterocycles. The van der Waals surface area contributed by atoms with Gasteiger partial charge in [0.25, 0.3) is 0 Å². The second-order valence-electron chi connectivity index (χ2n) is 2.59. The number of hydrogen-bond acceptors (Lipinski definition) is 0. The van der Waals surface area contributed by atoms with Gasteiger partial charge < -0.3 is 0 Å². The molecule has 1 aliphatic rings. The van der Waals surface area contributed by atoms with Crippen LogP contribution in [-0.2, 0) is 0 Å².